The van der Waals surface area contributed by atoms with Crippen molar-refractivity contribution >= 4 is 11.4 Å². The van der Waals surface area contributed by atoms with E-state index < -0.39 is 0 Å². The lowest BCUT2D eigenvalue weighted by atomic mass is 10.1. The van der Waals surface area contributed by atoms with Crippen molar-refractivity contribution in [1.82, 2.24) is 4.90 Å². The summed E-state index contributed by atoms with van der Waals surface area (Å²) in [5.74, 6) is 0. The van der Waals surface area contributed by atoms with Gasteiger partial charge in [-0.2, -0.15) is 0 Å². The van der Waals surface area contributed by atoms with Crippen LogP contribution in [0.3, 0.4) is 0 Å². The molecular weight excluding hydrogens is 198 g/mol. The Bertz CT molecular complexity index is 354. The normalized spacial score (nSPS) is 17.8. The van der Waals surface area contributed by atoms with Gasteiger partial charge in [-0.15, -0.1) is 0 Å². The van der Waals surface area contributed by atoms with E-state index in [1.54, 1.807) is 0 Å². The summed E-state index contributed by atoms with van der Waals surface area (Å²) in [6.45, 7) is 10.1. The number of anilines is 2. The maximum atomic E-state index is 5.85. The predicted molar refractivity (Wildman–Crippen MR) is 69.9 cm³/mol. The molecule has 0 amide bonds. The largest absolute Gasteiger partial charge is 0.399 e. The van der Waals surface area contributed by atoms with Crippen molar-refractivity contribution < 1.29 is 0 Å². The van der Waals surface area contributed by atoms with Gasteiger partial charge in [0.15, 0.2) is 0 Å². The maximum absolute atomic E-state index is 5.85. The summed E-state index contributed by atoms with van der Waals surface area (Å²) in [5, 5.41) is 0. The highest BCUT2D eigenvalue weighted by Crippen LogP contribution is 2.23. The lowest BCUT2D eigenvalue weighted by Crippen LogP contribution is -2.46. The van der Waals surface area contributed by atoms with Gasteiger partial charge in [-0.3, -0.25) is 0 Å². The Morgan fingerprint density at radius 3 is 2.50 bits per heavy atom. The van der Waals surface area contributed by atoms with Crippen LogP contribution < -0.4 is 10.6 Å². The number of nitrogens with two attached hydrogens (primary N) is 1. The minimum Gasteiger partial charge on any atom is -0.399 e. The first-order chi connectivity index (χ1) is 7.70. The Hall–Kier alpha value is -1.22. The molecule has 1 aliphatic rings. The van der Waals surface area contributed by atoms with Gasteiger partial charge in [0.2, 0.25) is 0 Å². The number of nitrogen functional groups attached to an aromatic ring is 1. The van der Waals surface area contributed by atoms with E-state index in [-0.39, 0.29) is 0 Å². The van der Waals surface area contributed by atoms with Crippen molar-refractivity contribution in [2.75, 3.05) is 43.4 Å². The van der Waals surface area contributed by atoms with Gasteiger partial charge < -0.3 is 15.5 Å². The summed E-state index contributed by atoms with van der Waals surface area (Å²) in [7, 11) is 0. The first-order valence-electron chi connectivity index (χ1n) is 6.04. The molecular formula is C13H21N3. The smallest absolute Gasteiger partial charge is 0.0417 e. The van der Waals surface area contributed by atoms with Gasteiger partial charge in [0.25, 0.3) is 0 Å². The zero-order valence-electron chi connectivity index (χ0n) is 10.2. The predicted octanol–water partition coefficient (Wildman–Crippen LogP) is 1.72. The molecule has 16 heavy (non-hydrogen) atoms. The molecule has 0 aromatic heterocycles. The minimum absolute atomic E-state index is 0.860. The van der Waals surface area contributed by atoms with Crippen LogP contribution in [-0.2, 0) is 0 Å². The van der Waals surface area contributed by atoms with Crippen LogP contribution >= 0.6 is 0 Å². The van der Waals surface area contributed by atoms with E-state index in [4.69, 9.17) is 5.73 Å². The van der Waals surface area contributed by atoms with Crippen LogP contribution in [0.25, 0.3) is 0 Å². The third-order valence-corrected chi connectivity index (χ3v) is 3.39. The molecule has 0 saturated carbocycles. The number of aryl methyl sites for hydroxylation is 1. The number of nitrogens with zero attached hydrogens (tertiary/aromatic N) is 2. The number of rotatable bonds is 2. The van der Waals surface area contributed by atoms with Gasteiger partial charge in [-0.05, 0) is 31.2 Å². The first kappa shape index (κ1) is 11.3. The molecule has 0 unspecified atom stereocenters. The van der Waals surface area contributed by atoms with E-state index in [1.165, 1.54) is 11.3 Å². The number of piperazine rings is 1. The van der Waals surface area contributed by atoms with Crippen LogP contribution in [0.5, 0.6) is 0 Å². The van der Waals surface area contributed by atoms with Gasteiger partial charge in [0.05, 0.1) is 0 Å². The molecule has 0 aliphatic carbocycles. The molecule has 1 aliphatic heterocycles. The van der Waals surface area contributed by atoms with E-state index in [2.05, 4.69) is 35.8 Å². The van der Waals surface area contributed by atoms with Crippen molar-refractivity contribution in [3.8, 4) is 0 Å². The van der Waals surface area contributed by atoms with Crippen LogP contribution in [-0.4, -0.2) is 37.6 Å². The zero-order valence-corrected chi connectivity index (χ0v) is 10.2. The fraction of sp³-hybridized carbons (Fsp3) is 0.538. The highest BCUT2D eigenvalue weighted by Gasteiger charge is 2.17. The fourth-order valence-corrected chi connectivity index (χ4v) is 2.27. The molecule has 0 bridgehead atoms. The molecule has 2 rings (SSSR count). The summed E-state index contributed by atoms with van der Waals surface area (Å²) in [6.07, 6.45) is 0. The van der Waals surface area contributed by atoms with E-state index >= 15 is 0 Å². The Morgan fingerprint density at radius 2 is 1.88 bits per heavy atom. The second-order valence-corrected chi connectivity index (χ2v) is 4.47. The quantitative estimate of drug-likeness (QED) is 0.769. The summed E-state index contributed by atoms with van der Waals surface area (Å²) in [4.78, 5) is 4.93. The third kappa shape index (κ3) is 2.30. The summed E-state index contributed by atoms with van der Waals surface area (Å²) in [6, 6.07) is 6.18. The van der Waals surface area contributed by atoms with Crippen LogP contribution in [0.15, 0.2) is 18.2 Å². The Kier molecular flexibility index (Phi) is 3.34. The molecule has 2 N–H and O–H groups in total. The van der Waals surface area contributed by atoms with Gasteiger partial charge in [-0.25, -0.2) is 0 Å². The van der Waals surface area contributed by atoms with Gasteiger partial charge in [-0.1, -0.05) is 13.0 Å². The van der Waals surface area contributed by atoms with Gasteiger partial charge in [0, 0.05) is 37.6 Å². The van der Waals surface area contributed by atoms with E-state index in [1.807, 2.05) is 6.07 Å². The van der Waals surface area contributed by atoms with Crippen molar-refractivity contribution in [2.24, 2.45) is 0 Å². The standard InChI is InChI=1S/C13H21N3/c1-3-15-6-8-16(9-7-15)13-10-12(14)5-4-11(13)2/h4-5,10H,3,6-9,14H2,1-2H3. The molecule has 1 aromatic carbocycles. The second-order valence-electron chi connectivity index (χ2n) is 4.47. The average Bonchev–Trinajstić information content (AvgIpc) is 2.32. The van der Waals surface area contributed by atoms with Crippen LogP contribution in [0.4, 0.5) is 11.4 Å². The number of likely N-dealkylation sites (N-methyl/N-ethyl adjacent to an activating group) is 1. The van der Waals surface area contributed by atoms with Crippen LogP contribution in [0.1, 0.15) is 12.5 Å². The van der Waals surface area contributed by atoms with Crippen molar-refractivity contribution in [3.05, 3.63) is 23.8 Å². The summed E-state index contributed by atoms with van der Waals surface area (Å²) in [5.41, 5.74) is 9.33. The monoisotopic (exact) mass is 219 g/mol. The van der Waals surface area contributed by atoms with Crippen molar-refractivity contribution in [1.29, 1.82) is 0 Å². The fourth-order valence-electron chi connectivity index (χ4n) is 2.27. The summed E-state index contributed by atoms with van der Waals surface area (Å²) >= 11 is 0. The maximum Gasteiger partial charge on any atom is 0.0417 e. The average molecular weight is 219 g/mol. The minimum atomic E-state index is 0.860. The lowest BCUT2D eigenvalue weighted by molar-refractivity contribution is 0.271. The third-order valence-electron chi connectivity index (χ3n) is 3.39. The lowest BCUT2D eigenvalue weighted by Gasteiger charge is -2.36. The number of hydrogen-bond donors (Lipinski definition) is 1. The molecule has 0 radical (unpaired) electrons. The molecule has 1 aromatic rings. The SMILES string of the molecule is CCN1CCN(c2cc(N)ccc2C)CC1. The Morgan fingerprint density at radius 1 is 1.19 bits per heavy atom. The molecule has 3 nitrogen and oxygen atoms in total. The Labute approximate surface area is 97.8 Å². The molecule has 3 heteroatoms. The van der Waals surface area contributed by atoms with Crippen molar-refractivity contribution in [2.45, 2.75) is 13.8 Å². The molecule has 88 valence electrons. The van der Waals surface area contributed by atoms with Gasteiger partial charge in [0.1, 0.15) is 0 Å². The highest BCUT2D eigenvalue weighted by atomic mass is 15.3. The first-order valence-corrected chi connectivity index (χ1v) is 6.04. The molecule has 0 atom stereocenters. The molecule has 1 saturated heterocycles. The van der Waals surface area contributed by atoms with Gasteiger partial charge >= 0.3 is 0 Å². The second kappa shape index (κ2) is 4.74. The molecule has 1 heterocycles. The zero-order chi connectivity index (χ0) is 11.5. The molecule has 0 spiro atoms. The Balaban J connectivity index is 2.10. The van der Waals surface area contributed by atoms with E-state index in [0.717, 1.165) is 38.4 Å². The molecule has 1 fully saturated rings. The highest BCUT2D eigenvalue weighted by molar-refractivity contribution is 5.61. The summed E-state index contributed by atoms with van der Waals surface area (Å²) < 4.78 is 0. The topological polar surface area (TPSA) is 32.5 Å². The van der Waals surface area contributed by atoms with Crippen LogP contribution in [0.2, 0.25) is 0 Å². The van der Waals surface area contributed by atoms with E-state index in [9.17, 15) is 0 Å². The number of benzene rings is 1. The van der Waals surface area contributed by atoms with E-state index in [0.29, 0.717) is 0 Å². The van der Waals surface area contributed by atoms with Crippen LogP contribution in [0, 0.1) is 6.92 Å². The number of hydrogen-bond acceptors (Lipinski definition) is 3. The van der Waals surface area contributed by atoms with Crippen molar-refractivity contribution in [3.63, 3.8) is 0 Å².